The number of aromatic nitrogens is 4. The first-order valence-corrected chi connectivity index (χ1v) is 10.9. The Bertz CT molecular complexity index is 1220. The normalized spacial score (nSPS) is 17.9. The zero-order valence-corrected chi connectivity index (χ0v) is 18.7. The zero-order valence-electron chi connectivity index (χ0n) is 18.7. The summed E-state index contributed by atoms with van der Waals surface area (Å²) in [5.74, 6) is -0.358. The van der Waals surface area contributed by atoms with Gasteiger partial charge in [0, 0.05) is 25.9 Å². The van der Waals surface area contributed by atoms with E-state index in [9.17, 15) is 18.0 Å². The number of nitrogens with zero attached hydrogens (tertiary/aromatic N) is 6. The summed E-state index contributed by atoms with van der Waals surface area (Å²) >= 11 is 0. The van der Waals surface area contributed by atoms with Crippen LogP contribution in [0.3, 0.4) is 0 Å². The first-order valence-electron chi connectivity index (χ1n) is 10.9. The van der Waals surface area contributed by atoms with E-state index in [2.05, 4.69) is 19.9 Å². The quantitative estimate of drug-likeness (QED) is 0.534. The molecule has 0 N–H and O–H groups in total. The largest absolute Gasteiger partial charge is 0.481 e. The highest BCUT2D eigenvalue weighted by Gasteiger charge is 2.37. The van der Waals surface area contributed by atoms with E-state index in [0.29, 0.717) is 49.6 Å². The van der Waals surface area contributed by atoms with Crippen molar-refractivity contribution in [3.63, 3.8) is 0 Å². The van der Waals surface area contributed by atoms with Gasteiger partial charge in [-0.15, -0.1) is 0 Å². The average molecular weight is 490 g/mol. The summed E-state index contributed by atoms with van der Waals surface area (Å²) < 4.78 is 56.2. The van der Waals surface area contributed by atoms with Crippen molar-refractivity contribution in [3.05, 3.63) is 53.8 Å². The van der Waals surface area contributed by atoms with Crippen LogP contribution in [-0.2, 0) is 19.1 Å². The molecule has 2 aliphatic heterocycles. The number of alkyl halides is 3. The van der Waals surface area contributed by atoms with Gasteiger partial charge in [0.2, 0.25) is 11.8 Å². The van der Waals surface area contributed by atoms with Gasteiger partial charge in [0.15, 0.2) is 12.1 Å². The standard InChI is InChI=1S/C22H21F3N6O4/c1-33-20-16(22(23,24)25)6-13(7-26-20)30-5-3-17-15(9-30)19(28-11-27-17)35-14-2-4-31(8-14)21(32)18-10-34-12-29-18/h6-7,10-12,14H,2-5,8-9H2,1H3. The van der Waals surface area contributed by atoms with E-state index in [1.165, 1.54) is 25.2 Å². The molecule has 1 unspecified atom stereocenters. The third kappa shape index (κ3) is 4.57. The van der Waals surface area contributed by atoms with Crippen LogP contribution in [-0.4, -0.2) is 63.6 Å². The molecule has 1 fully saturated rings. The van der Waals surface area contributed by atoms with Gasteiger partial charge in [0.25, 0.3) is 5.91 Å². The maximum atomic E-state index is 13.5. The third-order valence-corrected chi connectivity index (χ3v) is 6.03. The molecule has 184 valence electrons. The number of fused-ring (bicyclic) bond motifs is 1. The summed E-state index contributed by atoms with van der Waals surface area (Å²) in [4.78, 5) is 32.3. The molecule has 0 bridgehead atoms. The van der Waals surface area contributed by atoms with Crippen LogP contribution in [0.15, 0.2) is 35.7 Å². The second-order valence-electron chi connectivity index (χ2n) is 8.18. The second-order valence-corrected chi connectivity index (χ2v) is 8.18. The minimum absolute atomic E-state index is 0.229. The lowest BCUT2D eigenvalue weighted by Crippen LogP contribution is -2.33. The van der Waals surface area contributed by atoms with E-state index in [4.69, 9.17) is 13.9 Å². The minimum Gasteiger partial charge on any atom is -0.481 e. The highest BCUT2D eigenvalue weighted by Crippen LogP contribution is 2.38. The number of hydrogen-bond acceptors (Lipinski definition) is 9. The molecule has 0 spiro atoms. The fourth-order valence-corrected chi connectivity index (χ4v) is 4.26. The number of carbonyl (C=O) groups is 1. The van der Waals surface area contributed by atoms with Crippen LogP contribution in [0.25, 0.3) is 0 Å². The van der Waals surface area contributed by atoms with E-state index in [-0.39, 0.29) is 24.2 Å². The molecular weight excluding hydrogens is 469 g/mol. The van der Waals surface area contributed by atoms with Gasteiger partial charge in [-0.05, 0) is 6.07 Å². The Kier molecular flexibility index (Phi) is 5.91. The molecule has 13 heteroatoms. The van der Waals surface area contributed by atoms with E-state index < -0.39 is 17.6 Å². The molecule has 5 rings (SSSR count). The first kappa shape index (κ1) is 22.9. The van der Waals surface area contributed by atoms with Gasteiger partial charge in [-0.2, -0.15) is 13.2 Å². The summed E-state index contributed by atoms with van der Waals surface area (Å²) in [6.45, 7) is 1.56. The molecular formula is C22H21F3N6O4. The summed E-state index contributed by atoms with van der Waals surface area (Å²) in [7, 11) is 1.15. The van der Waals surface area contributed by atoms with E-state index >= 15 is 0 Å². The van der Waals surface area contributed by atoms with Crippen molar-refractivity contribution in [1.29, 1.82) is 0 Å². The molecule has 0 aliphatic carbocycles. The smallest absolute Gasteiger partial charge is 0.421 e. The van der Waals surface area contributed by atoms with Crippen LogP contribution in [0, 0.1) is 0 Å². The fourth-order valence-electron chi connectivity index (χ4n) is 4.26. The molecule has 0 radical (unpaired) electrons. The summed E-state index contributed by atoms with van der Waals surface area (Å²) in [6, 6.07) is 1.03. The number of rotatable bonds is 5. The summed E-state index contributed by atoms with van der Waals surface area (Å²) in [5.41, 5.74) is 1.07. The lowest BCUT2D eigenvalue weighted by molar-refractivity contribution is -0.139. The Morgan fingerprint density at radius 1 is 1.17 bits per heavy atom. The second kappa shape index (κ2) is 9.04. The van der Waals surface area contributed by atoms with Gasteiger partial charge < -0.3 is 23.7 Å². The summed E-state index contributed by atoms with van der Waals surface area (Å²) in [5, 5.41) is 0. The number of ether oxygens (including phenoxy) is 2. The monoisotopic (exact) mass is 490 g/mol. The number of likely N-dealkylation sites (tertiary alicyclic amines) is 1. The van der Waals surface area contributed by atoms with Crippen molar-refractivity contribution in [3.8, 4) is 11.8 Å². The van der Waals surface area contributed by atoms with E-state index in [1.54, 1.807) is 9.80 Å². The van der Waals surface area contributed by atoms with Gasteiger partial charge in [-0.1, -0.05) is 0 Å². The number of halogens is 3. The molecule has 10 nitrogen and oxygen atoms in total. The van der Waals surface area contributed by atoms with Crippen LogP contribution in [0.4, 0.5) is 18.9 Å². The van der Waals surface area contributed by atoms with Gasteiger partial charge >= 0.3 is 6.18 Å². The molecule has 0 aromatic carbocycles. The molecule has 5 heterocycles. The Morgan fingerprint density at radius 2 is 2.03 bits per heavy atom. The number of carbonyl (C=O) groups excluding carboxylic acids is 1. The van der Waals surface area contributed by atoms with Gasteiger partial charge in [0.05, 0.1) is 43.3 Å². The van der Waals surface area contributed by atoms with Crippen molar-refractivity contribution in [2.45, 2.75) is 31.7 Å². The molecule has 2 aliphatic rings. The van der Waals surface area contributed by atoms with Crippen molar-refractivity contribution in [1.82, 2.24) is 24.8 Å². The number of anilines is 1. The molecule has 1 saturated heterocycles. The zero-order chi connectivity index (χ0) is 24.6. The van der Waals surface area contributed by atoms with Crippen LogP contribution in [0.1, 0.15) is 33.7 Å². The topological polar surface area (TPSA) is 107 Å². The van der Waals surface area contributed by atoms with Crippen LogP contribution in [0.2, 0.25) is 0 Å². The van der Waals surface area contributed by atoms with Crippen molar-refractivity contribution < 1.29 is 31.9 Å². The highest BCUT2D eigenvalue weighted by molar-refractivity contribution is 5.92. The SMILES string of the molecule is COc1ncc(N2CCc3ncnc(OC4CCN(C(=O)c5cocn5)C4)c3C2)cc1C(F)(F)F. The molecule has 0 saturated carbocycles. The molecule has 3 aromatic heterocycles. The Labute approximate surface area is 197 Å². The number of pyridine rings is 1. The fraction of sp³-hybridized carbons (Fsp3) is 0.409. The molecule has 1 amide bonds. The van der Waals surface area contributed by atoms with Gasteiger partial charge in [-0.25, -0.2) is 19.9 Å². The van der Waals surface area contributed by atoms with E-state index in [1.807, 2.05) is 0 Å². The van der Waals surface area contributed by atoms with Crippen LogP contribution < -0.4 is 14.4 Å². The maximum absolute atomic E-state index is 13.5. The average Bonchev–Trinajstić information content (AvgIpc) is 3.55. The molecule has 3 aromatic rings. The van der Waals surface area contributed by atoms with Crippen LogP contribution in [0.5, 0.6) is 11.8 Å². The van der Waals surface area contributed by atoms with E-state index in [0.717, 1.165) is 18.9 Å². The number of oxazole rings is 1. The number of methoxy groups -OCH3 is 1. The van der Waals surface area contributed by atoms with Crippen molar-refractivity contribution >= 4 is 11.6 Å². The number of hydrogen-bond donors (Lipinski definition) is 0. The highest BCUT2D eigenvalue weighted by atomic mass is 19.4. The maximum Gasteiger partial charge on any atom is 0.421 e. The lowest BCUT2D eigenvalue weighted by atomic mass is 10.1. The predicted molar refractivity (Wildman–Crippen MR) is 114 cm³/mol. The minimum atomic E-state index is -4.60. The van der Waals surface area contributed by atoms with Gasteiger partial charge in [0.1, 0.15) is 24.3 Å². The lowest BCUT2D eigenvalue weighted by Gasteiger charge is -2.31. The van der Waals surface area contributed by atoms with Gasteiger partial charge in [-0.3, -0.25) is 4.79 Å². The Hall–Kier alpha value is -3.90. The van der Waals surface area contributed by atoms with Crippen molar-refractivity contribution in [2.24, 2.45) is 0 Å². The molecule has 1 atom stereocenters. The van der Waals surface area contributed by atoms with Crippen molar-refractivity contribution in [2.75, 3.05) is 31.6 Å². The summed E-state index contributed by atoms with van der Waals surface area (Å²) in [6.07, 6.45) is 1.47. The first-order chi connectivity index (χ1) is 16.8. The Morgan fingerprint density at radius 3 is 2.77 bits per heavy atom. The predicted octanol–water partition coefficient (Wildman–Crippen LogP) is 2.74. The van der Waals surface area contributed by atoms with Crippen LogP contribution >= 0.6 is 0 Å². The Balaban J connectivity index is 1.33. The molecule has 35 heavy (non-hydrogen) atoms. The number of amides is 1. The third-order valence-electron chi connectivity index (χ3n) is 6.03.